The lowest BCUT2D eigenvalue weighted by molar-refractivity contribution is 0.519. The molecular weight excluding hydrogens is 315 g/mol. The molecule has 3 N–H and O–H groups in total. The Balaban J connectivity index is 2.07. The van der Waals surface area contributed by atoms with Gasteiger partial charge in [-0.1, -0.05) is 25.4 Å². The molecule has 6 heteroatoms. The maximum absolute atomic E-state index is 13.3. The van der Waals surface area contributed by atoms with Gasteiger partial charge in [-0.3, -0.25) is 11.3 Å². The highest BCUT2D eigenvalue weighted by Crippen LogP contribution is 2.37. The monoisotopic (exact) mass is 334 g/mol. The Kier molecular flexibility index (Phi) is 6.05. The summed E-state index contributed by atoms with van der Waals surface area (Å²) in [6.45, 7) is 4.50. The SMILES string of the molecule is CC1SCC(C(Cc2cc(F)ccc2Cl)NN)SC1C. The van der Waals surface area contributed by atoms with E-state index in [1.807, 2.05) is 23.5 Å². The first-order valence-corrected chi connectivity index (χ1v) is 9.05. The van der Waals surface area contributed by atoms with Gasteiger partial charge in [0.05, 0.1) is 0 Å². The van der Waals surface area contributed by atoms with Crippen LogP contribution in [-0.2, 0) is 6.42 Å². The number of halogens is 2. The number of hydrazine groups is 1. The quantitative estimate of drug-likeness (QED) is 0.653. The molecule has 1 heterocycles. The van der Waals surface area contributed by atoms with E-state index in [-0.39, 0.29) is 11.9 Å². The summed E-state index contributed by atoms with van der Waals surface area (Å²) in [5.74, 6) is 6.51. The van der Waals surface area contributed by atoms with E-state index in [2.05, 4.69) is 19.3 Å². The van der Waals surface area contributed by atoms with Crippen LogP contribution >= 0.6 is 35.1 Å². The van der Waals surface area contributed by atoms with E-state index in [1.165, 1.54) is 12.1 Å². The molecule has 0 spiro atoms. The normalized spacial score (nSPS) is 28.4. The Hall–Kier alpha value is 0.0600. The Morgan fingerprint density at radius 1 is 1.45 bits per heavy atom. The van der Waals surface area contributed by atoms with Crippen LogP contribution in [0.15, 0.2) is 18.2 Å². The summed E-state index contributed by atoms with van der Waals surface area (Å²) in [7, 11) is 0. The molecule has 2 nitrogen and oxygen atoms in total. The Morgan fingerprint density at radius 2 is 2.20 bits per heavy atom. The minimum atomic E-state index is -0.257. The number of nitrogens with one attached hydrogen (secondary N) is 1. The lowest BCUT2D eigenvalue weighted by atomic mass is 10.0. The van der Waals surface area contributed by atoms with Crippen molar-refractivity contribution in [1.29, 1.82) is 0 Å². The Labute approximate surface area is 133 Å². The summed E-state index contributed by atoms with van der Waals surface area (Å²) in [6.07, 6.45) is 0.645. The van der Waals surface area contributed by atoms with E-state index in [4.69, 9.17) is 17.4 Å². The first kappa shape index (κ1) is 16.4. The van der Waals surface area contributed by atoms with E-state index in [1.54, 1.807) is 6.07 Å². The average molecular weight is 335 g/mol. The van der Waals surface area contributed by atoms with Crippen molar-refractivity contribution in [1.82, 2.24) is 5.43 Å². The van der Waals surface area contributed by atoms with E-state index in [0.717, 1.165) is 11.3 Å². The van der Waals surface area contributed by atoms with Crippen LogP contribution in [0.5, 0.6) is 0 Å². The summed E-state index contributed by atoms with van der Waals surface area (Å²) < 4.78 is 13.3. The van der Waals surface area contributed by atoms with Crippen LogP contribution in [0.25, 0.3) is 0 Å². The fourth-order valence-corrected chi connectivity index (χ4v) is 5.56. The number of benzene rings is 1. The van der Waals surface area contributed by atoms with Gasteiger partial charge in [-0.25, -0.2) is 4.39 Å². The van der Waals surface area contributed by atoms with Gasteiger partial charge in [0.2, 0.25) is 0 Å². The van der Waals surface area contributed by atoms with Gasteiger partial charge in [0, 0.05) is 32.6 Å². The predicted octanol–water partition coefficient (Wildman–Crippen LogP) is 3.48. The van der Waals surface area contributed by atoms with Crippen LogP contribution in [0, 0.1) is 5.82 Å². The van der Waals surface area contributed by atoms with Crippen LogP contribution in [0.2, 0.25) is 5.02 Å². The predicted molar refractivity (Wildman–Crippen MR) is 89.0 cm³/mol. The van der Waals surface area contributed by atoms with Crippen LogP contribution < -0.4 is 11.3 Å². The number of hydrogen-bond donors (Lipinski definition) is 2. The van der Waals surface area contributed by atoms with Crippen molar-refractivity contribution < 1.29 is 4.39 Å². The smallest absolute Gasteiger partial charge is 0.123 e. The van der Waals surface area contributed by atoms with Crippen LogP contribution in [0.3, 0.4) is 0 Å². The standard InChI is InChI=1S/C14H20ClFN2S2/c1-8-9(2)20-14(7-19-8)13(18-17)6-10-5-11(16)3-4-12(10)15/h3-5,8-9,13-14,18H,6-7,17H2,1-2H3. The molecule has 1 aliphatic rings. The maximum atomic E-state index is 13.3. The van der Waals surface area contributed by atoms with Gasteiger partial charge in [0.15, 0.2) is 0 Å². The summed E-state index contributed by atoms with van der Waals surface area (Å²) in [6, 6.07) is 4.58. The van der Waals surface area contributed by atoms with Crippen molar-refractivity contribution in [2.24, 2.45) is 5.84 Å². The van der Waals surface area contributed by atoms with Gasteiger partial charge >= 0.3 is 0 Å². The third-order valence-electron chi connectivity index (χ3n) is 3.68. The number of nitrogens with two attached hydrogens (primary N) is 1. The molecule has 0 radical (unpaired) electrons. The molecule has 0 aliphatic carbocycles. The second-order valence-corrected chi connectivity index (χ2v) is 8.57. The zero-order chi connectivity index (χ0) is 14.7. The highest BCUT2D eigenvalue weighted by molar-refractivity contribution is 8.07. The number of thioether (sulfide) groups is 2. The van der Waals surface area contributed by atoms with Crippen LogP contribution in [0.4, 0.5) is 4.39 Å². The third kappa shape index (κ3) is 4.04. The molecule has 1 aliphatic heterocycles. The van der Waals surface area contributed by atoms with Crippen molar-refractivity contribution >= 4 is 35.1 Å². The van der Waals surface area contributed by atoms with Gasteiger partial charge in [0.1, 0.15) is 5.82 Å². The van der Waals surface area contributed by atoms with Gasteiger partial charge in [-0.15, -0.1) is 0 Å². The molecule has 0 bridgehead atoms. The fraction of sp³-hybridized carbons (Fsp3) is 0.571. The lowest BCUT2D eigenvalue weighted by Gasteiger charge is -2.35. The zero-order valence-corrected chi connectivity index (χ0v) is 14.0. The van der Waals surface area contributed by atoms with Crippen LogP contribution in [-0.4, -0.2) is 27.5 Å². The largest absolute Gasteiger partial charge is 0.271 e. The van der Waals surface area contributed by atoms with Crippen molar-refractivity contribution in [2.45, 2.75) is 42.1 Å². The molecule has 1 aromatic rings. The fourth-order valence-electron chi connectivity index (χ4n) is 2.25. The van der Waals surface area contributed by atoms with E-state index >= 15 is 0 Å². The third-order valence-corrected chi connectivity index (χ3v) is 7.60. The second kappa shape index (κ2) is 7.36. The number of rotatable bonds is 4. The molecule has 0 saturated carbocycles. The molecular formula is C14H20ClFN2S2. The molecule has 112 valence electrons. The molecule has 1 saturated heterocycles. The summed E-state index contributed by atoms with van der Waals surface area (Å²) >= 11 is 10.1. The maximum Gasteiger partial charge on any atom is 0.123 e. The van der Waals surface area contributed by atoms with Gasteiger partial charge in [0.25, 0.3) is 0 Å². The van der Waals surface area contributed by atoms with Crippen molar-refractivity contribution in [2.75, 3.05) is 5.75 Å². The molecule has 2 rings (SSSR count). The first-order chi connectivity index (χ1) is 9.51. The second-order valence-electron chi connectivity index (χ2n) is 5.13. The molecule has 1 aromatic carbocycles. The van der Waals surface area contributed by atoms with Gasteiger partial charge in [-0.2, -0.15) is 23.5 Å². The molecule has 0 amide bonds. The minimum absolute atomic E-state index is 0.0988. The van der Waals surface area contributed by atoms with E-state index < -0.39 is 0 Å². The first-order valence-electron chi connectivity index (χ1n) is 6.68. The summed E-state index contributed by atoms with van der Waals surface area (Å²) in [5.41, 5.74) is 3.70. The van der Waals surface area contributed by atoms with Crippen molar-refractivity contribution in [3.05, 3.63) is 34.6 Å². The topological polar surface area (TPSA) is 38.0 Å². The molecule has 1 fully saturated rings. The molecule has 20 heavy (non-hydrogen) atoms. The van der Waals surface area contributed by atoms with E-state index in [9.17, 15) is 4.39 Å². The lowest BCUT2D eigenvalue weighted by Crippen LogP contribution is -2.47. The highest BCUT2D eigenvalue weighted by atomic mass is 35.5. The number of hydrogen-bond acceptors (Lipinski definition) is 4. The van der Waals surface area contributed by atoms with Crippen molar-refractivity contribution in [3.8, 4) is 0 Å². The van der Waals surface area contributed by atoms with E-state index in [0.29, 0.717) is 27.2 Å². The minimum Gasteiger partial charge on any atom is -0.271 e. The highest BCUT2D eigenvalue weighted by Gasteiger charge is 2.31. The zero-order valence-electron chi connectivity index (χ0n) is 11.6. The van der Waals surface area contributed by atoms with Gasteiger partial charge in [-0.05, 0) is 30.2 Å². The van der Waals surface area contributed by atoms with Crippen molar-refractivity contribution in [3.63, 3.8) is 0 Å². The Bertz CT molecular complexity index is 461. The molecule has 0 aromatic heterocycles. The average Bonchev–Trinajstić information content (AvgIpc) is 2.43. The molecule has 4 atom stereocenters. The Morgan fingerprint density at radius 3 is 2.85 bits per heavy atom. The van der Waals surface area contributed by atoms with Crippen LogP contribution in [0.1, 0.15) is 19.4 Å². The molecule has 4 unspecified atom stereocenters. The summed E-state index contributed by atoms with van der Waals surface area (Å²) in [4.78, 5) is 0. The van der Waals surface area contributed by atoms with Gasteiger partial charge < -0.3 is 0 Å². The summed E-state index contributed by atoms with van der Waals surface area (Å²) in [5, 5.41) is 2.27.